The summed E-state index contributed by atoms with van der Waals surface area (Å²) >= 11 is 1.87. The van der Waals surface area contributed by atoms with E-state index in [-0.39, 0.29) is 11.5 Å². The quantitative estimate of drug-likeness (QED) is 0.797. The molecule has 16 heavy (non-hydrogen) atoms. The van der Waals surface area contributed by atoms with Gasteiger partial charge in [0, 0.05) is 11.3 Å². The largest absolute Gasteiger partial charge is 0.395 e. The lowest BCUT2D eigenvalue weighted by Gasteiger charge is -2.21. The van der Waals surface area contributed by atoms with Crippen molar-refractivity contribution >= 4 is 23.1 Å². The number of para-hydroxylation sites is 1. The smallest absolute Gasteiger partial charge is 0.148 e. The number of nitrogens with one attached hydrogen (secondary N) is 1. The second-order valence-electron chi connectivity index (χ2n) is 4.16. The molecule has 2 unspecified atom stereocenters. The predicted molar refractivity (Wildman–Crippen MR) is 69.4 cm³/mol. The van der Waals surface area contributed by atoms with E-state index in [1.165, 1.54) is 18.9 Å². The van der Waals surface area contributed by atoms with Gasteiger partial charge < -0.3 is 11.1 Å². The number of nitrogen functional groups attached to an aromatic ring is 1. The number of thioether (sulfide) groups is 1. The van der Waals surface area contributed by atoms with E-state index in [9.17, 15) is 4.39 Å². The van der Waals surface area contributed by atoms with Crippen LogP contribution in [0.2, 0.25) is 0 Å². The van der Waals surface area contributed by atoms with Crippen molar-refractivity contribution in [3.05, 3.63) is 24.0 Å². The first-order valence-corrected chi connectivity index (χ1v) is 6.84. The molecule has 3 N–H and O–H groups in total. The van der Waals surface area contributed by atoms with Crippen LogP contribution < -0.4 is 11.1 Å². The molecule has 4 heteroatoms. The maximum Gasteiger partial charge on any atom is 0.148 e. The Labute approximate surface area is 99.8 Å². The second-order valence-corrected chi connectivity index (χ2v) is 5.23. The normalized spacial score (nSPS) is 24.6. The van der Waals surface area contributed by atoms with Gasteiger partial charge in [-0.15, -0.1) is 0 Å². The van der Waals surface area contributed by atoms with E-state index in [1.807, 2.05) is 17.8 Å². The molecule has 0 saturated heterocycles. The van der Waals surface area contributed by atoms with Crippen molar-refractivity contribution in [3.8, 4) is 0 Å². The molecule has 2 rings (SSSR count). The van der Waals surface area contributed by atoms with E-state index in [0.717, 1.165) is 12.1 Å². The first kappa shape index (κ1) is 11.6. The predicted octanol–water partition coefficient (Wildman–Crippen LogP) is 3.10. The van der Waals surface area contributed by atoms with Crippen molar-refractivity contribution < 1.29 is 4.39 Å². The molecule has 0 radical (unpaired) electrons. The van der Waals surface area contributed by atoms with Crippen LogP contribution in [0.25, 0.3) is 0 Å². The number of benzene rings is 1. The van der Waals surface area contributed by atoms with Gasteiger partial charge in [-0.3, -0.25) is 0 Å². The number of hydrogen-bond donors (Lipinski definition) is 2. The Hall–Kier alpha value is -0.900. The van der Waals surface area contributed by atoms with Crippen LogP contribution in [0.4, 0.5) is 15.8 Å². The molecule has 2 atom stereocenters. The van der Waals surface area contributed by atoms with Gasteiger partial charge in [0.25, 0.3) is 0 Å². The summed E-state index contributed by atoms with van der Waals surface area (Å²) in [6.07, 6.45) is 5.73. The highest BCUT2D eigenvalue weighted by molar-refractivity contribution is 7.99. The molecule has 1 aliphatic carbocycles. The van der Waals surface area contributed by atoms with Crippen molar-refractivity contribution in [2.24, 2.45) is 0 Å². The number of hydrogen-bond acceptors (Lipinski definition) is 3. The molecule has 1 fully saturated rings. The zero-order valence-electron chi connectivity index (χ0n) is 9.37. The van der Waals surface area contributed by atoms with E-state index in [0.29, 0.717) is 11.3 Å². The molecule has 0 spiro atoms. The van der Waals surface area contributed by atoms with Crippen LogP contribution in [0.15, 0.2) is 18.2 Å². The molecule has 0 aliphatic heterocycles. The van der Waals surface area contributed by atoms with Crippen LogP contribution in [0.5, 0.6) is 0 Å². The molecule has 88 valence electrons. The minimum atomic E-state index is -0.344. The van der Waals surface area contributed by atoms with E-state index in [1.54, 1.807) is 6.07 Å². The van der Waals surface area contributed by atoms with E-state index in [4.69, 9.17) is 5.73 Å². The standard InChI is InChI=1S/C12H17FN2S/c1-16-11-7-3-5-9(11)15-10-6-2-4-8(13)12(10)14/h2,4,6,9,11,15H,3,5,7,14H2,1H3. The van der Waals surface area contributed by atoms with Gasteiger partial charge in [-0.1, -0.05) is 12.5 Å². The van der Waals surface area contributed by atoms with E-state index >= 15 is 0 Å². The lowest BCUT2D eigenvalue weighted by molar-refractivity contribution is 0.632. The minimum absolute atomic E-state index is 0.231. The van der Waals surface area contributed by atoms with Crippen molar-refractivity contribution in [2.45, 2.75) is 30.6 Å². The summed E-state index contributed by atoms with van der Waals surface area (Å²) in [4.78, 5) is 0. The van der Waals surface area contributed by atoms with Crippen molar-refractivity contribution in [1.82, 2.24) is 0 Å². The fourth-order valence-electron chi connectivity index (χ4n) is 2.24. The molecule has 1 aromatic carbocycles. The maximum atomic E-state index is 13.3. The van der Waals surface area contributed by atoms with Gasteiger partial charge in [0.05, 0.1) is 11.4 Å². The summed E-state index contributed by atoms with van der Waals surface area (Å²) in [6.45, 7) is 0. The highest BCUT2D eigenvalue weighted by Crippen LogP contribution is 2.32. The minimum Gasteiger partial charge on any atom is -0.395 e. The second kappa shape index (κ2) is 4.95. The maximum absolute atomic E-state index is 13.3. The summed E-state index contributed by atoms with van der Waals surface area (Å²) in [6, 6.07) is 5.34. The number of nitrogens with two attached hydrogens (primary N) is 1. The SMILES string of the molecule is CSC1CCCC1Nc1cccc(F)c1N. The van der Waals surface area contributed by atoms with E-state index < -0.39 is 0 Å². The molecule has 0 bridgehead atoms. The Morgan fingerprint density at radius 2 is 2.25 bits per heavy atom. The van der Waals surface area contributed by atoms with Gasteiger partial charge >= 0.3 is 0 Å². The number of halogens is 1. The van der Waals surface area contributed by atoms with Crippen LogP contribution in [0.3, 0.4) is 0 Å². The Kier molecular flexibility index (Phi) is 3.59. The van der Waals surface area contributed by atoms with Crippen LogP contribution in [0.1, 0.15) is 19.3 Å². The average Bonchev–Trinajstić information content (AvgIpc) is 2.72. The summed E-state index contributed by atoms with van der Waals surface area (Å²) in [5.74, 6) is -0.344. The van der Waals surface area contributed by atoms with Crippen LogP contribution in [0, 0.1) is 5.82 Å². The molecule has 1 saturated carbocycles. The molecule has 1 aromatic rings. The van der Waals surface area contributed by atoms with Crippen LogP contribution >= 0.6 is 11.8 Å². The monoisotopic (exact) mass is 240 g/mol. The zero-order chi connectivity index (χ0) is 11.5. The molecule has 0 heterocycles. The fourth-order valence-corrected chi connectivity index (χ4v) is 3.17. The summed E-state index contributed by atoms with van der Waals surface area (Å²) < 4.78 is 13.3. The third-order valence-electron chi connectivity index (χ3n) is 3.15. The summed E-state index contributed by atoms with van der Waals surface area (Å²) in [7, 11) is 0. The lowest BCUT2D eigenvalue weighted by atomic mass is 10.2. The van der Waals surface area contributed by atoms with Gasteiger partial charge in [0.1, 0.15) is 5.82 Å². The average molecular weight is 240 g/mol. The lowest BCUT2D eigenvalue weighted by Crippen LogP contribution is -2.26. The van der Waals surface area contributed by atoms with Gasteiger partial charge in [0.2, 0.25) is 0 Å². The Balaban J connectivity index is 2.11. The van der Waals surface area contributed by atoms with Crippen molar-refractivity contribution in [3.63, 3.8) is 0 Å². The van der Waals surface area contributed by atoms with Crippen LogP contribution in [-0.4, -0.2) is 17.5 Å². The number of rotatable bonds is 3. The Morgan fingerprint density at radius 1 is 1.44 bits per heavy atom. The number of anilines is 2. The summed E-state index contributed by atoms with van der Waals surface area (Å²) in [5, 5.41) is 3.98. The van der Waals surface area contributed by atoms with E-state index in [2.05, 4.69) is 11.6 Å². The summed E-state index contributed by atoms with van der Waals surface area (Å²) in [5.41, 5.74) is 6.66. The first-order valence-electron chi connectivity index (χ1n) is 5.55. The van der Waals surface area contributed by atoms with Gasteiger partial charge in [-0.05, 0) is 31.2 Å². The third-order valence-corrected chi connectivity index (χ3v) is 4.32. The Bertz CT molecular complexity index is 370. The third kappa shape index (κ3) is 2.26. The molecule has 0 amide bonds. The van der Waals surface area contributed by atoms with Gasteiger partial charge in [-0.2, -0.15) is 11.8 Å². The van der Waals surface area contributed by atoms with Gasteiger partial charge in [-0.25, -0.2) is 4.39 Å². The Morgan fingerprint density at radius 3 is 3.00 bits per heavy atom. The van der Waals surface area contributed by atoms with Crippen LogP contribution in [-0.2, 0) is 0 Å². The molecular formula is C12H17FN2S. The van der Waals surface area contributed by atoms with Crippen molar-refractivity contribution in [1.29, 1.82) is 0 Å². The van der Waals surface area contributed by atoms with Gasteiger partial charge in [0.15, 0.2) is 0 Å². The fraction of sp³-hybridized carbons (Fsp3) is 0.500. The molecule has 0 aromatic heterocycles. The molecular weight excluding hydrogens is 223 g/mol. The molecule has 1 aliphatic rings. The zero-order valence-corrected chi connectivity index (χ0v) is 10.2. The first-order chi connectivity index (χ1) is 7.72. The highest BCUT2D eigenvalue weighted by atomic mass is 32.2. The van der Waals surface area contributed by atoms with Crippen molar-refractivity contribution in [2.75, 3.05) is 17.3 Å². The topological polar surface area (TPSA) is 38.0 Å². The molecule has 2 nitrogen and oxygen atoms in total. The highest BCUT2D eigenvalue weighted by Gasteiger charge is 2.26.